The van der Waals surface area contributed by atoms with Crippen molar-refractivity contribution in [3.8, 4) is 0 Å². The maximum Gasteiger partial charge on any atom is 0.275 e. The molecule has 0 spiro atoms. The van der Waals surface area contributed by atoms with Crippen molar-refractivity contribution in [2.45, 2.75) is 0 Å². The van der Waals surface area contributed by atoms with Crippen LogP contribution < -0.4 is 11.1 Å². The molecule has 1 aromatic carbocycles. The summed E-state index contributed by atoms with van der Waals surface area (Å²) in [6.45, 7) is 0. The number of nitrogens with one attached hydrogen (secondary N) is 1. The molecule has 0 bridgehead atoms. The lowest BCUT2D eigenvalue weighted by Gasteiger charge is -2.06. The van der Waals surface area contributed by atoms with Crippen molar-refractivity contribution in [1.82, 2.24) is 4.98 Å². The van der Waals surface area contributed by atoms with Gasteiger partial charge in [0.15, 0.2) is 0 Å². The molecule has 82 valence electrons. The molecule has 0 aliphatic carbocycles. The topological polar surface area (TPSA) is 68.0 Å². The van der Waals surface area contributed by atoms with E-state index in [-0.39, 0.29) is 5.91 Å². The van der Waals surface area contributed by atoms with E-state index in [0.29, 0.717) is 17.1 Å². The fourth-order valence-corrected chi connectivity index (χ4v) is 2.17. The zero-order chi connectivity index (χ0) is 11.5. The van der Waals surface area contributed by atoms with E-state index in [1.807, 2.05) is 0 Å². The van der Waals surface area contributed by atoms with Gasteiger partial charge in [0.1, 0.15) is 5.69 Å². The zero-order valence-electron chi connectivity index (χ0n) is 8.11. The Labute approximate surface area is 105 Å². The summed E-state index contributed by atoms with van der Waals surface area (Å²) < 4.78 is 0.746. The third kappa shape index (κ3) is 2.40. The third-order valence-corrected chi connectivity index (χ3v) is 3.15. The van der Waals surface area contributed by atoms with Crippen molar-refractivity contribution in [2.24, 2.45) is 0 Å². The monoisotopic (exact) mass is 297 g/mol. The Bertz CT molecular complexity index is 513. The summed E-state index contributed by atoms with van der Waals surface area (Å²) >= 11 is 4.71. The Morgan fingerprint density at radius 1 is 1.50 bits per heavy atom. The van der Waals surface area contributed by atoms with Crippen LogP contribution in [0.4, 0.5) is 11.4 Å². The smallest absolute Gasteiger partial charge is 0.275 e. The Morgan fingerprint density at radius 2 is 2.31 bits per heavy atom. The molecule has 0 fully saturated rings. The van der Waals surface area contributed by atoms with Crippen LogP contribution >= 0.6 is 27.3 Å². The second kappa shape index (κ2) is 4.63. The van der Waals surface area contributed by atoms with Crippen molar-refractivity contribution in [2.75, 3.05) is 11.1 Å². The number of nitrogens with zero attached hydrogens (tertiary/aromatic N) is 1. The van der Waals surface area contributed by atoms with Crippen LogP contribution in [0.5, 0.6) is 0 Å². The number of carbonyl (C=O) groups excluding carboxylic acids is 1. The fourth-order valence-electron chi connectivity index (χ4n) is 1.14. The second-order valence-electron chi connectivity index (χ2n) is 3.07. The van der Waals surface area contributed by atoms with Gasteiger partial charge >= 0.3 is 0 Å². The quantitative estimate of drug-likeness (QED) is 0.838. The largest absolute Gasteiger partial charge is 0.399 e. The Balaban J connectivity index is 2.18. The van der Waals surface area contributed by atoms with E-state index < -0.39 is 0 Å². The van der Waals surface area contributed by atoms with Crippen molar-refractivity contribution < 1.29 is 4.79 Å². The highest BCUT2D eigenvalue weighted by atomic mass is 79.9. The molecule has 0 radical (unpaired) electrons. The molecule has 0 aliphatic heterocycles. The molecule has 16 heavy (non-hydrogen) atoms. The fraction of sp³-hybridized carbons (Fsp3) is 0. The SMILES string of the molecule is Nc1ccc(NC(=O)c2cscn2)c(Br)c1. The molecule has 3 N–H and O–H groups in total. The first-order valence-corrected chi connectivity index (χ1v) is 6.15. The summed E-state index contributed by atoms with van der Waals surface area (Å²) in [6, 6.07) is 5.20. The van der Waals surface area contributed by atoms with Crippen LogP contribution in [0.25, 0.3) is 0 Å². The van der Waals surface area contributed by atoms with Crippen LogP contribution in [-0.4, -0.2) is 10.9 Å². The van der Waals surface area contributed by atoms with E-state index in [1.54, 1.807) is 29.1 Å². The maximum atomic E-state index is 11.7. The lowest BCUT2D eigenvalue weighted by Crippen LogP contribution is -2.12. The number of nitrogen functional groups attached to an aromatic ring is 1. The van der Waals surface area contributed by atoms with E-state index in [1.165, 1.54) is 11.3 Å². The summed E-state index contributed by atoms with van der Waals surface area (Å²) in [5.74, 6) is -0.230. The molecular weight excluding hydrogens is 290 g/mol. The lowest BCUT2D eigenvalue weighted by atomic mass is 10.3. The van der Waals surface area contributed by atoms with Crippen LogP contribution in [0.1, 0.15) is 10.5 Å². The van der Waals surface area contributed by atoms with Gasteiger partial charge in [0.25, 0.3) is 5.91 Å². The van der Waals surface area contributed by atoms with Crippen molar-refractivity contribution >= 4 is 44.5 Å². The molecule has 4 nitrogen and oxygen atoms in total. The van der Waals surface area contributed by atoms with Crippen molar-refractivity contribution in [3.63, 3.8) is 0 Å². The van der Waals surface area contributed by atoms with Crippen LogP contribution in [0, 0.1) is 0 Å². The molecule has 0 atom stereocenters. The van der Waals surface area contributed by atoms with Gasteiger partial charge in [-0.3, -0.25) is 4.79 Å². The number of amides is 1. The molecule has 0 saturated heterocycles. The molecule has 6 heteroatoms. The number of hydrogen-bond acceptors (Lipinski definition) is 4. The van der Waals surface area contributed by atoms with Gasteiger partial charge < -0.3 is 11.1 Å². The number of halogens is 1. The number of rotatable bonds is 2. The Kier molecular flexibility index (Phi) is 3.21. The van der Waals surface area contributed by atoms with Gasteiger partial charge in [-0.1, -0.05) is 0 Å². The highest BCUT2D eigenvalue weighted by molar-refractivity contribution is 9.10. The molecular formula is C10H8BrN3OS. The van der Waals surface area contributed by atoms with Gasteiger partial charge in [-0.2, -0.15) is 0 Å². The Hall–Kier alpha value is -1.40. The number of nitrogens with two attached hydrogens (primary N) is 1. The number of hydrogen-bond donors (Lipinski definition) is 2. The minimum Gasteiger partial charge on any atom is -0.399 e. The van der Waals surface area contributed by atoms with E-state index >= 15 is 0 Å². The predicted octanol–water partition coefficient (Wildman–Crippen LogP) is 2.74. The highest BCUT2D eigenvalue weighted by Gasteiger charge is 2.09. The molecule has 1 amide bonds. The Morgan fingerprint density at radius 3 is 2.94 bits per heavy atom. The summed E-state index contributed by atoms with van der Waals surface area (Å²) in [7, 11) is 0. The van der Waals surface area contributed by atoms with Crippen LogP contribution in [-0.2, 0) is 0 Å². The number of carbonyl (C=O) groups is 1. The average Bonchev–Trinajstić information content (AvgIpc) is 2.75. The highest BCUT2D eigenvalue weighted by Crippen LogP contribution is 2.25. The minimum atomic E-state index is -0.230. The molecule has 1 heterocycles. The van der Waals surface area contributed by atoms with E-state index in [2.05, 4.69) is 26.2 Å². The first kappa shape index (κ1) is 11.1. The number of aromatic nitrogens is 1. The summed E-state index contributed by atoms with van der Waals surface area (Å²) in [5.41, 5.74) is 8.94. The molecule has 0 unspecified atom stereocenters. The maximum absolute atomic E-state index is 11.7. The molecule has 0 saturated carbocycles. The predicted molar refractivity (Wildman–Crippen MR) is 68.6 cm³/mol. The summed E-state index contributed by atoms with van der Waals surface area (Å²) in [4.78, 5) is 15.6. The van der Waals surface area contributed by atoms with Gasteiger partial charge in [-0.15, -0.1) is 11.3 Å². The van der Waals surface area contributed by atoms with Gasteiger partial charge in [0.05, 0.1) is 11.2 Å². The minimum absolute atomic E-state index is 0.230. The van der Waals surface area contributed by atoms with E-state index in [0.717, 1.165) is 4.47 Å². The van der Waals surface area contributed by atoms with Crippen LogP contribution in [0.2, 0.25) is 0 Å². The van der Waals surface area contributed by atoms with Gasteiger partial charge in [0.2, 0.25) is 0 Å². The second-order valence-corrected chi connectivity index (χ2v) is 4.64. The number of anilines is 2. The molecule has 0 aliphatic rings. The van der Waals surface area contributed by atoms with Gasteiger partial charge in [-0.05, 0) is 34.1 Å². The third-order valence-electron chi connectivity index (χ3n) is 1.91. The van der Waals surface area contributed by atoms with Crippen LogP contribution in [0.15, 0.2) is 33.6 Å². The van der Waals surface area contributed by atoms with Crippen molar-refractivity contribution in [1.29, 1.82) is 0 Å². The first-order chi connectivity index (χ1) is 7.66. The molecule has 2 aromatic rings. The zero-order valence-corrected chi connectivity index (χ0v) is 10.5. The van der Waals surface area contributed by atoms with Gasteiger partial charge in [0, 0.05) is 15.5 Å². The first-order valence-electron chi connectivity index (χ1n) is 4.41. The van der Waals surface area contributed by atoms with Gasteiger partial charge in [-0.25, -0.2) is 4.98 Å². The summed E-state index contributed by atoms with van der Waals surface area (Å²) in [5, 5.41) is 4.44. The standard InChI is InChI=1S/C10H8BrN3OS/c11-7-3-6(12)1-2-8(7)14-10(15)9-4-16-5-13-9/h1-5H,12H2,(H,14,15). The van der Waals surface area contributed by atoms with Crippen molar-refractivity contribution in [3.05, 3.63) is 39.3 Å². The normalized spacial score (nSPS) is 10.1. The summed E-state index contributed by atoms with van der Waals surface area (Å²) in [6.07, 6.45) is 0. The number of benzene rings is 1. The van der Waals surface area contributed by atoms with E-state index in [4.69, 9.17) is 5.73 Å². The van der Waals surface area contributed by atoms with E-state index in [9.17, 15) is 4.79 Å². The van der Waals surface area contributed by atoms with Crippen LogP contribution in [0.3, 0.4) is 0 Å². The lowest BCUT2D eigenvalue weighted by molar-refractivity contribution is 0.102. The number of thiazole rings is 1. The average molecular weight is 298 g/mol. The molecule has 1 aromatic heterocycles. The molecule has 2 rings (SSSR count).